The number of likely N-dealkylation sites (tertiary alicyclic amines) is 1. The quantitative estimate of drug-likeness (QED) is 0.544. The van der Waals surface area contributed by atoms with Crippen LogP contribution in [0.15, 0.2) is 41.8 Å². The summed E-state index contributed by atoms with van der Waals surface area (Å²) in [5.74, 6) is 1.33. The van der Waals surface area contributed by atoms with Crippen molar-refractivity contribution in [1.82, 2.24) is 10.2 Å². The molecule has 6 heteroatoms. The lowest BCUT2D eigenvalue weighted by Gasteiger charge is -2.46. The number of carbonyl (C=O) groups excluding carboxylic acids is 1. The molecule has 1 aromatic carbocycles. The average Bonchev–Trinajstić information content (AvgIpc) is 3.26. The highest BCUT2D eigenvalue weighted by atomic mass is 32.1. The molecule has 0 unspecified atom stereocenters. The van der Waals surface area contributed by atoms with Crippen LogP contribution in [-0.2, 0) is 11.2 Å². The molecule has 4 rings (SSSR count). The molecule has 0 spiro atoms. The molecular formula is C28H41N3O2S. The Morgan fingerprint density at radius 3 is 2.59 bits per heavy atom. The second-order valence-electron chi connectivity index (χ2n) is 11.4. The predicted octanol–water partition coefficient (Wildman–Crippen LogP) is 4.44. The van der Waals surface area contributed by atoms with Crippen LogP contribution in [0.2, 0.25) is 0 Å². The lowest BCUT2D eigenvalue weighted by Crippen LogP contribution is -2.59. The van der Waals surface area contributed by atoms with E-state index in [4.69, 9.17) is 5.73 Å². The van der Waals surface area contributed by atoms with Crippen LogP contribution in [0.25, 0.3) is 11.1 Å². The third-order valence-corrected chi connectivity index (χ3v) is 8.38. The first-order valence-electron chi connectivity index (χ1n) is 12.8. The van der Waals surface area contributed by atoms with E-state index in [1.807, 2.05) is 39.0 Å². The van der Waals surface area contributed by atoms with E-state index in [1.54, 1.807) is 11.3 Å². The van der Waals surface area contributed by atoms with Crippen molar-refractivity contribution in [2.24, 2.45) is 17.6 Å². The van der Waals surface area contributed by atoms with Crippen molar-refractivity contribution in [1.29, 1.82) is 0 Å². The van der Waals surface area contributed by atoms with E-state index in [1.165, 1.54) is 41.7 Å². The van der Waals surface area contributed by atoms with Crippen molar-refractivity contribution in [3.8, 4) is 11.1 Å². The SMILES string of the molecule is CC(C)(C)NC(=O)[C@@H]1C[C@@H]2CCCC[C@@H]2CN1C[C@@H](O)[C@@H](N)Cc1cc(-c2ccccc2)cs1. The number of rotatable bonds is 7. The molecule has 1 amide bonds. The van der Waals surface area contributed by atoms with Gasteiger partial charge in [-0.3, -0.25) is 9.69 Å². The van der Waals surface area contributed by atoms with Crippen molar-refractivity contribution in [2.75, 3.05) is 13.1 Å². The van der Waals surface area contributed by atoms with Crippen LogP contribution in [0.5, 0.6) is 0 Å². The smallest absolute Gasteiger partial charge is 0.237 e. The Morgan fingerprint density at radius 2 is 1.88 bits per heavy atom. The Morgan fingerprint density at radius 1 is 1.18 bits per heavy atom. The summed E-state index contributed by atoms with van der Waals surface area (Å²) in [6.07, 6.45) is 5.85. The molecular weight excluding hydrogens is 442 g/mol. The number of hydrogen-bond donors (Lipinski definition) is 3. The summed E-state index contributed by atoms with van der Waals surface area (Å²) in [5.41, 5.74) is 8.62. The molecule has 186 valence electrons. The zero-order valence-corrected chi connectivity index (χ0v) is 21.7. The highest BCUT2D eigenvalue weighted by Crippen LogP contribution is 2.39. The molecule has 0 bridgehead atoms. The fourth-order valence-electron chi connectivity index (χ4n) is 5.64. The number of nitrogens with one attached hydrogen (secondary N) is 1. The maximum absolute atomic E-state index is 13.2. The van der Waals surface area contributed by atoms with E-state index in [0.717, 1.165) is 13.0 Å². The topological polar surface area (TPSA) is 78.6 Å². The Hall–Kier alpha value is -1.73. The number of nitrogens with two attached hydrogens (primary N) is 1. The van der Waals surface area contributed by atoms with Crippen LogP contribution in [-0.4, -0.2) is 52.7 Å². The number of nitrogens with zero attached hydrogens (tertiary/aromatic N) is 1. The molecule has 34 heavy (non-hydrogen) atoms. The number of aliphatic hydroxyl groups excluding tert-OH is 1. The summed E-state index contributed by atoms with van der Waals surface area (Å²) in [6.45, 7) is 7.41. The van der Waals surface area contributed by atoms with Crippen LogP contribution in [0, 0.1) is 11.8 Å². The second-order valence-corrected chi connectivity index (χ2v) is 12.3. The van der Waals surface area contributed by atoms with Crippen LogP contribution < -0.4 is 11.1 Å². The molecule has 1 aromatic heterocycles. The minimum absolute atomic E-state index is 0.0862. The van der Waals surface area contributed by atoms with Gasteiger partial charge in [-0.05, 0) is 74.4 Å². The number of aliphatic hydroxyl groups is 1. The Bertz CT molecular complexity index is 939. The lowest BCUT2D eigenvalue weighted by atomic mass is 9.72. The third-order valence-electron chi connectivity index (χ3n) is 7.42. The van der Waals surface area contributed by atoms with Gasteiger partial charge in [0.25, 0.3) is 0 Å². The van der Waals surface area contributed by atoms with E-state index in [-0.39, 0.29) is 23.5 Å². The Labute approximate surface area is 208 Å². The van der Waals surface area contributed by atoms with Crippen molar-refractivity contribution < 1.29 is 9.90 Å². The normalized spacial score (nSPS) is 25.4. The van der Waals surface area contributed by atoms with Gasteiger partial charge in [0.05, 0.1) is 12.1 Å². The minimum Gasteiger partial charge on any atom is -0.390 e. The van der Waals surface area contributed by atoms with Crippen molar-refractivity contribution in [3.05, 3.63) is 46.7 Å². The number of benzene rings is 1. The largest absolute Gasteiger partial charge is 0.390 e. The van der Waals surface area contributed by atoms with Gasteiger partial charge in [-0.25, -0.2) is 0 Å². The molecule has 4 N–H and O–H groups in total. The molecule has 2 fully saturated rings. The van der Waals surface area contributed by atoms with Crippen molar-refractivity contribution >= 4 is 17.2 Å². The van der Waals surface area contributed by atoms with Crippen molar-refractivity contribution in [3.63, 3.8) is 0 Å². The number of carbonyl (C=O) groups is 1. The first-order chi connectivity index (χ1) is 16.2. The fourth-order valence-corrected chi connectivity index (χ4v) is 6.61. The van der Waals surface area contributed by atoms with E-state index in [2.05, 4.69) is 33.8 Å². The van der Waals surface area contributed by atoms with Gasteiger partial charge < -0.3 is 16.2 Å². The van der Waals surface area contributed by atoms with Gasteiger partial charge in [-0.15, -0.1) is 11.3 Å². The molecule has 5 atom stereocenters. The highest BCUT2D eigenvalue weighted by Gasteiger charge is 2.41. The fraction of sp³-hybridized carbons (Fsp3) is 0.607. The lowest BCUT2D eigenvalue weighted by molar-refractivity contribution is -0.132. The van der Waals surface area contributed by atoms with Gasteiger partial charge in [0.15, 0.2) is 0 Å². The van der Waals surface area contributed by atoms with Gasteiger partial charge in [-0.2, -0.15) is 0 Å². The molecule has 1 saturated heterocycles. The zero-order chi connectivity index (χ0) is 24.3. The number of fused-ring (bicyclic) bond motifs is 1. The van der Waals surface area contributed by atoms with Crippen LogP contribution in [0.1, 0.15) is 57.8 Å². The molecule has 5 nitrogen and oxygen atoms in total. The molecule has 1 saturated carbocycles. The number of β-amino-alcohol motifs (C(OH)–C–C–N with tert-alkyl or cyclic N) is 1. The number of thiophene rings is 1. The number of piperidine rings is 1. The Kier molecular flexibility index (Phi) is 8.13. The summed E-state index contributed by atoms with van der Waals surface area (Å²) < 4.78 is 0. The van der Waals surface area contributed by atoms with Crippen LogP contribution in [0.3, 0.4) is 0 Å². The molecule has 1 aliphatic heterocycles. The van der Waals surface area contributed by atoms with Gasteiger partial charge in [-0.1, -0.05) is 49.6 Å². The Balaban J connectivity index is 1.41. The van der Waals surface area contributed by atoms with E-state index >= 15 is 0 Å². The summed E-state index contributed by atoms with van der Waals surface area (Å²) in [7, 11) is 0. The van der Waals surface area contributed by atoms with Crippen molar-refractivity contribution in [2.45, 2.75) is 83.0 Å². The predicted molar refractivity (Wildman–Crippen MR) is 141 cm³/mol. The monoisotopic (exact) mass is 483 g/mol. The van der Waals surface area contributed by atoms with E-state index < -0.39 is 6.10 Å². The molecule has 2 aliphatic rings. The first kappa shape index (κ1) is 25.4. The molecule has 2 aromatic rings. The third kappa shape index (κ3) is 6.48. The second kappa shape index (κ2) is 10.9. The van der Waals surface area contributed by atoms with Gasteiger partial charge in [0, 0.05) is 29.5 Å². The van der Waals surface area contributed by atoms with Gasteiger partial charge in [0.1, 0.15) is 0 Å². The molecule has 0 radical (unpaired) electrons. The summed E-state index contributed by atoms with van der Waals surface area (Å²) in [4.78, 5) is 16.6. The van der Waals surface area contributed by atoms with Crippen LogP contribution in [0.4, 0.5) is 0 Å². The van der Waals surface area contributed by atoms with E-state index in [9.17, 15) is 9.90 Å². The summed E-state index contributed by atoms with van der Waals surface area (Å²) in [6, 6.07) is 12.0. The highest BCUT2D eigenvalue weighted by molar-refractivity contribution is 7.10. The first-order valence-corrected chi connectivity index (χ1v) is 13.7. The summed E-state index contributed by atoms with van der Waals surface area (Å²) >= 11 is 1.69. The van der Waals surface area contributed by atoms with Crippen LogP contribution >= 0.6 is 11.3 Å². The molecule has 1 aliphatic carbocycles. The number of hydrogen-bond acceptors (Lipinski definition) is 5. The van der Waals surface area contributed by atoms with E-state index in [0.29, 0.717) is 24.8 Å². The standard InChI is InChI=1S/C28H41N3O2S/c1-28(2,3)30-27(33)25-14-20-11-7-8-12-21(20)16-31(25)17-26(32)24(29)15-23-13-22(18-34-23)19-9-5-4-6-10-19/h4-6,9-10,13,18,20-21,24-26,32H,7-8,11-12,14-17,29H2,1-3H3,(H,30,33)/t20-,21+,24-,25-,26+/m0/s1. The molecule has 2 heterocycles. The summed E-state index contributed by atoms with van der Waals surface area (Å²) in [5, 5.41) is 16.4. The van der Waals surface area contributed by atoms with Gasteiger partial charge >= 0.3 is 0 Å². The van der Waals surface area contributed by atoms with Gasteiger partial charge in [0.2, 0.25) is 5.91 Å². The number of amides is 1. The minimum atomic E-state index is -0.674. The maximum atomic E-state index is 13.2. The maximum Gasteiger partial charge on any atom is 0.237 e. The average molecular weight is 484 g/mol. The zero-order valence-electron chi connectivity index (χ0n) is 20.9.